The largest absolute Gasteiger partial charge is 0.351 e. The molecule has 25 heavy (non-hydrogen) atoms. The zero-order valence-corrected chi connectivity index (χ0v) is 15.2. The molecule has 5 nitrogen and oxygen atoms in total. The predicted molar refractivity (Wildman–Crippen MR) is 99.6 cm³/mol. The van der Waals surface area contributed by atoms with E-state index in [1.54, 1.807) is 12.1 Å². The third-order valence-electron chi connectivity index (χ3n) is 3.54. The van der Waals surface area contributed by atoms with Crippen molar-refractivity contribution in [3.63, 3.8) is 0 Å². The average molecular weight is 400 g/mol. The van der Waals surface area contributed by atoms with Crippen LogP contribution >= 0.6 is 15.9 Å². The standard InChI is InChI=1S/C19H18BrN3O2/c20-16-6-3-4-14(12-16)8-9-19(25)23-17-7-2-1-5-15(17)13-22-18(24)10-11-21/h1-7,12H,8-10,13H2,(H,22,24)(H,23,25). The van der Waals surface area contributed by atoms with Crippen molar-refractivity contribution in [2.45, 2.75) is 25.8 Å². The van der Waals surface area contributed by atoms with E-state index >= 15 is 0 Å². The fraction of sp³-hybridized carbons (Fsp3) is 0.211. The summed E-state index contributed by atoms with van der Waals surface area (Å²) in [6.07, 6.45) is 0.832. The zero-order chi connectivity index (χ0) is 18.1. The van der Waals surface area contributed by atoms with Crippen molar-refractivity contribution in [1.29, 1.82) is 5.26 Å². The van der Waals surface area contributed by atoms with E-state index in [2.05, 4.69) is 26.6 Å². The maximum Gasteiger partial charge on any atom is 0.234 e. The van der Waals surface area contributed by atoms with E-state index in [1.807, 2.05) is 42.5 Å². The number of amides is 2. The highest BCUT2D eigenvalue weighted by atomic mass is 79.9. The molecule has 2 amide bonds. The van der Waals surface area contributed by atoms with Gasteiger partial charge in [-0.2, -0.15) is 5.26 Å². The number of carbonyl (C=O) groups excluding carboxylic acids is 2. The second kappa shape index (κ2) is 9.60. The van der Waals surface area contributed by atoms with Crippen LogP contribution in [0.4, 0.5) is 5.69 Å². The first-order valence-electron chi connectivity index (χ1n) is 7.84. The first-order valence-corrected chi connectivity index (χ1v) is 8.63. The Kier molecular flexibility index (Phi) is 7.17. The molecule has 0 spiro atoms. The zero-order valence-electron chi connectivity index (χ0n) is 13.6. The van der Waals surface area contributed by atoms with E-state index in [1.165, 1.54) is 0 Å². The van der Waals surface area contributed by atoms with E-state index in [4.69, 9.17) is 5.26 Å². The van der Waals surface area contributed by atoms with E-state index in [0.717, 1.165) is 15.6 Å². The molecule has 0 atom stereocenters. The number of hydrogen-bond donors (Lipinski definition) is 2. The van der Waals surface area contributed by atoms with Crippen LogP contribution in [0.3, 0.4) is 0 Å². The number of benzene rings is 2. The molecule has 0 saturated carbocycles. The molecule has 0 saturated heterocycles. The van der Waals surface area contributed by atoms with Crippen molar-refractivity contribution in [2.75, 3.05) is 5.32 Å². The lowest BCUT2D eigenvalue weighted by Crippen LogP contribution is -2.23. The molecule has 0 heterocycles. The molecule has 2 aromatic rings. The van der Waals surface area contributed by atoms with Gasteiger partial charge < -0.3 is 10.6 Å². The van der Waals surface area contributed by atoms with Crippen molar-refractivity contribution in [3.05, 3.63) is 64.1 Å². The van der Waals surface area contributed by atoms with Gasteiger partial charge in [0.2, 0.25) is 11.8 Å². The summed E-state index contributed by atoms with van der Waals surface area (Å²) in [4.78, 5) is 23.6. The number of rotatable bonds is 7. The molecule has 2 rings (SSSR count). The quantitative estimate of drug-likeness (QED) is 0.746. The second-order valence-corrected chi connectivity index (χ2v) is 6.36. The van der Waals surface area contributed by atoms with Gasteiger partial charge in [-0.05, 0) is 35.7 Å². The Hall–Kier alpha value is -2.65. The summed E-state index contributed by atoms with van der Waals surface area (Å²) < 4.78 is 0.990. The van der Waals surface area contributed by atoms with Crippen LogP contribution in [0.1, 0.15) is 24.0 Å². The molecule has 2 aromatic carbocycles. The fourth-order valence-electron chi connectivity index (χ4n) is 2.29. The number of para-hydroxylation sites is 1. The fourth-order valence-corrected chi connectivity index (χ4v) is 2.73. The lowest BCUT2D eigenvalue weighted by atomic mass is 10.1. The van der Waals surface area contributed by atoms with Gasteiger partial charge in [0, 0.05) is 23.1 Å². The first-order chi connectivity index (χ1) is 12.1. The summed E-state index contributed by atoms with van der Waals surface area (Å²) in [6.45, 7) is 0.266. The van der Waals surface area contributed by atoms with Gasteiger partial charge in [-0.1, -0.05) is 46.3 Å². The van der Waals surface area contributed by atoms with Crippen LogP contribution < -0.4 is 10.6 Å². The first kappa shape index (κ1) is 18.7. The minimum atomic E-state index is -0.335. The van der Waals surface area contributed by atoms with E-state index < -0.39 is 0 Å². The lowest BCUT2D eigenvalue weighted by Gasteiger charge is -2.11. The Morgan fingerprint density at radius 3 is 2.64 bits per heavy atom. The van der Waals surface area contributed by atoms with Gasteiger partial charge in [-0.15, -0.1) is 0 Å². The molecule has 0 bridgehead atoms. The summed E-state index contributed by atoms with van der Waals surface area (Å²) in [5.74, 6) is -0.422. The van der Waals surface area contributed by atoms with Crippen molar-refractivity contribution < 1.29 is 9.59 Å². The predicted octanol–water partition coefficient (Wildman–Crippen LogP) is 3.55. The maximum absolute atomic E-state index is 12.2. The number of halogens is 1. The highest BCUT2D eigenvalue weighted by Gasteiger charge is 2.08. The Labute approximate surface area is 155 Å². The van der Waals surface area contributed by atoms with E-state index in [0.29, 0.717) is 18.5 Å². The van der Waals surface area contributed by atoms with Gasteiger partial charge in [0.25, 0.3) is 0 Å². The molecule has 128 valence electrons. The van der Waals surface area contributed by atoms with Crippen molar-refractivity contribution in [2.24, 2.45) is 0 Å². The van der Waals surface area contributed by atoms with Gasteiger partial charge in [0.1, 0.15) is 6.42 Å². The van der Waals surface area contributed by atoms with Gasteiger partial charge in [-0.3, -0.25) is 9.59 Å². The van der Waals surface area contributed by atoms with Crippen molar-refractivity contribution in [1.82, 2.24) is 5.32 Å². The molecule has 0 radical (unpaired) electrons. The number of nitriles is 1. The second-order valence-electron chi connectivity index (χ2n) is 5.45. The molecule has 2 N–H and O–H groups in total. The van der Waals surface area contributed by atoms with Crippen molar-refractivity contribution in [3.8, 4) is 6.07 Å². The molecule has 0 aliphatic carbocycles. The van der Waals surface area contributed by atoms with Crippen LogP contribution in [0, 0.1) is 11.3 Å². The van der Waals surface area contributed by atoms with E-state index in [9.17, 15) is 9.59 Å². The van der Waals surface area contributed by atoms with Crippen molar-refractivity contribution >= 4 is 33.4 Å². The number of nitrogens with zero attached hydrogens (tertiary/aromatic N) is 1. The van der Waals surface area contributed by atoms with Crippen LogP contribution in [0.2, 0.25) is 0 Å². The van der Waals surface area contributed by atoms with Gasteiger partial charge in [0.05, 0.1) is 6.07 Å². The van der Waals surface area contributed by atoms with Crippen LogP contribution in [-0.4, -0.2) is 11.8 Å². The topological polar surface area (TPSA) is 82.0 Å². The summed E-state index contributed by atoms with van der Waals surface area (Å²) >= 11 is 3.42. The molecule has 0 aliphatic heterocycles. The number of aryl methyl sites for hydroxylation is 1. The monoisotopic (exact) mass is 399 g/mol. The third-order valence-corrected chi connectivity index (χ3v) is 4.03. The number of nitrogens with one attached hydrogen (secondary N) is 2. The summed E-state index contributed by atoms with van der Waals surface area (Å²) in [7, 11) is 0. The molecule has 0 unspecified atom stereocenters. The smallest absolute Gasteiger partial charge is 0.234 e. The Balaban J connectivity index is 1.92. The average Bonchev–Trinajstić information content (AvgIpc) is 2.60. The van der Waals surface area contributed by atoms with Gasteiger partial charge >= 0.3 is 0 Å². The summed E-state index contributed by atoms with van der Waals surface area (Å²) in [5, 5.41) is 14.1. The minimum absolute atomic E-state index is 0.0872. The molecule has 0 fully saturated rings. The number of hydrogen-bond acceptors (Lipinski definition) is 3. The van der Waals surface area contributed by atoms with Crippen LogP contribution in [0.25, 0.3) is 0 Å². The highest BCUT2D eigenvalue weighted by Crippen LogP contribution is 2.16. The molecular weight excluding hydrogens is 382 g/mol. The van der Waals surface area contributed by atoms with Crippen LogP contribution in [0.5, 0.6) is 0 Å². The third kappa shape index (κ3) is 6.40. The maximum atomic E-state index is 12.2. The van der Waals surface area contributed by atoms with Gasteiger partial charge in [0.15, 0.2) is 0 Å². The summed E-state index contributed by atoms with van der Waals surface area (Å²) in [5.41, 5.74) is 2.55. The SMILES string of the molecule is N#CCC(=O)NCc1ccccc1NC(=O)CCc1cccc(Br)c1. The normalized spacial score (nSPS) is 9.92. The Bertz CT molecular complexity index is 799. The molecular formula is C19H18BrN3O2. The Morgan fingerprint density at radius 1 is 1.08 bits per heavy atom. The van der Waals surface area contributed by atoms with E-state index in [-0.39, 0.29) is 24.8 Å². The number of anilines is 1. The molecule has 0 aliphatic rings. The molecule has 6 heteroatoms. The van der Waals surface area contributed by atoms with Gasteiger partial charge in [-0.25, -0.2) is 0 Å². The highest BCUT2D eigenvalue weighted by molar-refractivity contribution is 9.10. The minimum Gasteiger partial charge on any atom is -0.351 e. The summed E-state index contributed by atoms with van der Waals surface area (Å²) in [6, 6.07) is 16.9. The van der Waals surface area contributed by atoms with Crippen LogP contribution in [-0.2, 0) is 22.6 Å². The molecule has 0 aromatic heterocycles. The lowest BCUT2D eigenvalue weighted by molar-refractivity contribution is -0.120. The van der Waals surface area contributed by atoms with Crippen LogP contribution in [0.15, 0.2) is 53.0 Å². The number of carbonyl (C=O) groups is 2. The Morgan fingerprint density at radius 2 is 1.88 bits per heavy atom.